The molecule has 0 aromatic carbocycles. The molecule has 28 heavy (non-hydrogen) atoms. The third-order valence-corrected chi connectivity index (χ3v) is 4.19. The number of carbonyl (C=O) groups excluding carboxylic acids is 2. The molecule has 0 radical (unpaired) electrons. The zero-order valence-electron chi connectivity index (χ0n) is 17.3. The lowest BCUT2D eigenvalue weighted by Gasteiger charge is -2.22. The van der Waals surface area contributed by atoms with E-state index < -0.39 is 29.9 Å². The van der Waals surface area contributed by atoms with Crippen LogP contribution in [-0.4, -0.2) is 44.9 Å². The Kier molecular flexibility index (Phi) is 8.34. The number of nitrogens with zero attached hydrogens (tertiary/aromatic N) is 1. The van der Waals surface area contributed by atoms with Crippen LogP contribution in [0.15, 0.2) is 4.79 Å². The number of aromatic amines is 1. The Balaban J connectivity index is 3.17. The molecular weight excluding hydrogens is 364 g/mol. The Labute approximate surface area is 164 Å². The number of rotatable bonds is 9. The fraction of sp³-hybridized carbons (Fsp3) is 0.632. The van der Waals surface area contributed by atoms with Gasteiger partial charge in [0, 0.05) is 11.6 Å². The average molecular weight is 394 g/mol. The van der Waals surface area contributed by atoms with E-state index in [0.717, 1.165) is 0 Å². The molecule has 0 aliphatic heterocycles. The van der Waals surface area contributed by atoms with E-state index in [0.29, 0.717) is 18.5 Å². The van der Waals surface area contributed by atoms with Crippen LogP contribution >= 0.6 is 0 Å². The van der Waals surface area contributed by atoms with E-state index in [9.17, 15) is 19.2 Å². The van der Waals surface area contributed by atoms with Gasteiger partial charge in [0.15, 0.2) is 0 Å². The minimum absolute atomic E-state index is 0.0682. The summed E-state index contributed by atoms with van der Waals surface area (Å²) in [5, 5.41) is 14.0. The van der Waals surface area contributed by atoms with Crippen LogP contribution in [-0.2, 0) is 16.0 Å². The van der Waals surface area contributed by atoms with E-state index >= 15 is 0 Å². The molecule has 1 heterocycles. The summed E-state index contributed by atoms with van der Waals surface area (Å²) in [6.45, 7) is 10.5. The molecule has 1 rings (SSSR count). The summed E-state index contributed by atoms with van der Waals surface area (Å²) >= 11 is 0. The zero-order chi connectivity index (χ0) is 21.6. The van der Waals surface area contributed by atoms with Crippen LogP contribution in [0.25, 0.3) is 0 Å². The second kappa shape index (κ2) is 10.0. The molecule has 1 aromatic rings. The number of aromatic nitrogens is 2. The Morgan fingerprint density at radius 1 is 1.11 bits per heavy atom. The van der Waals surface area contributed by atoms with Crippen molar-refractivity contribution >= 4 is 17.8 Å². The molecule has 2 atom stereocenters. The molecule has 9 nitrogen and oxygen atoms in total. The predicted molar refractivity (Wildman–Crippen MR) is 104 cm³/mol. The van der Waals surface area contributed by atoms with Crippen molar-refractivity contribution < 1.29 is 19.5 Å². The summed E-state index contributed by atoms with van der Waals surface area (Å²) in [4.78, 5) is 55.3. The SMILES string of the molecule is CCc1[nH]c(=O)c(C(C)C)nc1C(=O)NC(CC(C)C)C(=O)N[C@@H](C)C(=O)O. The fourth-order valence-corrected chi connectivity index (χ4v) is 2.64. The summed E-state index contributed by atoms with van der Waals surface area (Å²) in [6, 6.07) is -2.00. The van der Waals surface area contributed by atoms with Gasteiger partial charge in [-0.25, -0.2) is 4.98 Å². The molecule has 4 N–H and O–H groups in total. The normalized spacial score (nSPS) is 13.3. The standard InChI is InChI=1S/C19H30N4O5/c1-7-12-15(23-14(10(4)5)17(25)21-12)18(26)22-13(8-9(2)3)16(24)20-11(6)19(27)28/h9-11,13H,7-8H2,1-6H3,(H,20,24)(H,21,25)(H,22,26)(H,27,28)/t11-,13?/m0/s1. The van der Waals surface area contributed by atoms with Crippen molar-refractivity contribution in [1.29, 1.82) is 0 Å². The van der Waals surface area contributed by atoms with E-state index in [1.54, 1.807) is 20.8 Å². The Bertz CT molecular complexity index is 785. The molecule has 0 saturated heterocycles. The zero-order valence-corrected chi connectivity index (χ0v) is 17.3. The first kappa shape index (κ1) is 23.3. The van der Waals surface area contributed by atoms with Crippen molar-refractivity contribution in [3.05, 3.63) is 27.4 Å². The minimum Gasteiger partial charge on any atom is -0.480 e. The van der Waals surface area contributed by atoms with Crippen molar-refractivity contribution in [3.8, 4) is 0 Å². The summed E-state index contributed by atoms with van der Waals surface area (Å²) in [5.74, 6) is -2.42. The van der Waals surface area contributed by atoms with Gasteiger partial charge in [0.2, 0.25) is 5.91 Å². The topological polar surface area (TPSA) is 141 Å². The fourth-order valence-electron chi connectivity index (χ4n) is 2.64. The first-order valence-corrected chi connectivity index (χ1v) is 9.44. The number of carboxylic acids is 1. The van der Waals surface area contributed by atoms with Crippen molar-refractivity contribution in [2.24, 2.45) is 5.92 Å². The summed E-state index contributed by atoms with van der Waals surface area (Å²) in [5.41, 5.74) is 0.356. The van der Waals surface area contributed by atoms with Gasteiger partial charge in [-0.3, -0.25) is 19.2 Å². The Morgan fingerprint density at radius 3 is 2.18 bits per heavy atom. The van der Waals surface area contributed by atoms with Crippen LogP contribution < -0.4 is 16.2 Å². The van der Waals surface area contributed by atoms with E-state index in [-0.39, 0.29) is 28.8 Å². The van der Waals surface area contributed by atoms with E-state index in [1.807, 2.05) is 13.8 Å². The number of carboxylic acid groups (broad SMARTS) is 1. The van der Waals surface area contributed by atoms with Crippen LogP contribution in [0, 0.1) is 5.92 Å². The maximum atomic E-state index is 12.8. The van der Waals surface area contributed by atoms with Gasteiger partial charge in [-0.15, -0.1) is 0 Å². The van der Waals surface area contributed by atoms with E-state index in [1.165, 1.54) is 6.92 Å². The molecular formula is C19H30N4O5. The first-order chi connectivity index (χ1) is 13.0. The van der Waals surface area contributed by atoms with Crippen LogP contribution in [0.1, 0.15) is 75.8 Å². The summed E-state index contributed by atoms with van der Waals surface area (Å²) in [6.07, 6.45) is 0.715. The second-order valence-electron chi connectivity index (χ2n) is 7.51. The minimum atomic E-state index is -1.17. The quantitative estimate of drug-likeness (QED) is 0.496. The highest BCUT2D eigenvalue weighted by Gasteiger charge is 2.27. The maximum absolute atomic E-state index is 12.8. The van der Waals surface area contributed by atoms with Crippen molar-refractivity contribution in [2.45, 2.75) is 72.4 Å². The highest BCUT2D eigenvalue weighted by molar-refractivity contribution is 5.97. The van der Waals surface area contributed by atoms with Gasteiger partial charge in [-0.05, 0) is 25.7 Å². The first-order valence-electron chi connectivity index (χ1n) is 9.44. The molecule has 0 saturated carbocycles. The van der Waals surface area contributed by atoms with Gasteiger partial charge in [0.05, 0.1) is 0 Å². The molecule has 0 aliphatic carbocycles. The van der Waals surface area contributed by atoms with Crippen molar-refractivity contribution in [1.82, 2.24) is 20.6 Å². The van der Waals surface area contributed by atoms with Crippen LogP contribution in [0.2, 0.25) is 0 Å². The number of carbonyl (C=O) groups is 3. The van der Waals surface area contributed by atoms with Crippen LogP contribution in [0.3, 0.4) is 0 Å². The lowest BCUT2D eigenvalue weighted by molar-refractivity contribution is -0.141. The number of aryl methyl sites for hydroxylation is 1. The van der Waals surface area contributed by atoms with Gasteiger partial charge in [0.25, 0.3) is 11.5 Å². The van der Waals surface area contributed by atoms with Gasteiger partial charge >= 0.3 is 5.97 Å². The van der Waals surface area contributed by atoms with Crippen molar-refractivity contribution in [3.63, 3.8) is 0 Å². The molecule has 2 amide bonds. The smallest absolute Gasteiger partial charge is 0.325 e. The third-order valence-electron chi connectivity index (χ3n) is 4.19. The number of nitrogens with one attached hydrogen (secondary N) is 3. The van der Waals surface area contributed by atoms with Gasteiger partial charge in [0.1, 0.15) is 23.5 Å². The third kappa shape index (κ3) is 6.17. The molecule has 0 fully saturated rings. The molecule has 1 aromatic heterocycles. The monoisotopic (exact) mass is 394 g/mol. The number of hydrogen-bond acceptors (Lipinski definition) is 5. The molecule has 0 spiro atoms. The van der Waals surface area contributed by atoms with E-state index in [4.69, 9.17) is 5.11 Å². The number of hydrogen-bond donors (Lipinski definition) is 4. The second-order valence-corrected chi connectivity index (χ2v) is 7.51. The highest BCUT2D eigenvalue weighted by Crippen LogP contribution is 2.12. The molecule has 156 valence electrons. The molecule has 1 unspecified atom stereocenters. The van der Waals surface area contributed by atoms with E-state index in [2.05, 4.69) is 20.6 Å². The van der Waals surface area contributed by atoms with Crippen molar-refractivity contribution in [2.75, 3.05) is 0 Å². The molecule has 9 heteroatoms. The Morgan fingerprint density at radius 2 is 1.71 bits per heavy atom. The lowest BCUT2D eigenvalue weighted by atomic mass is 10.0. The molecule has 0 bridgehead atoms. The summed E-state index contributed by atoms with van der Waals surface area (Å²) < 4.78 is 0. The van der Waals surface area contributed by atoms with Crippen LogP contribution in [0.4, 0.5) is 0 Å². The predicted octanol–water partition coefficient (Wildman–Crippen LogP) is 1.19. The lowest BCUT2D eigenvalue weighted by Crippen LogP contribution is -2.51. The largest absolute Gasteiger partial charge is 0.480 e. The van der Waals surface area contributed by atoms with Gasteiger partial charge in [-0.2, -0.15) is 0 Å². The number of H-pyrrole nitrogens is 1. The van der Waals surface area contributed by atoms with Gasteiger partial charge < -0.3 is 20.7 Å². The average Bonchev–Trinajstić information content (AvgIpc) is 2.59. The number of aliphatic carboxylic acids is 1. The van der Waals surface area contributed by atoms with Gasteiger partial charge in [-0.1, -0.05) is 34.6 Å². The number of amides is 2. The van der Waals surface area contributed by atoms with Crippen LogP contribution in [0.5, 0.6) is 0 Å². The summed E-state index contributed by atoms with van der Waals surface area (Å²) in [7, 11) is 0. The maximum Gasteiger partial charge on any atom is 0.325 e. The molecule has 0 aliphatic rings. The Hall–Kier alpha value is -2.71. The highest BCUT2D eigenvalue weighted by atomic mass is 16.4.